The smallest absolute Gasteiger partial charge is 0.244 e. The van der Waals surface area contributed by atoms with E-state index in [0.717, 1.165) is 27.3 Å². The van der Waals surface area contributed by atoms with Crippen molar-refractivity contribution in [3.63, 3.8) is 0 Å². The Kier molecular flexibility index (Phi) is 7.30. The number of hydrogen-bond donors (Lipinski definition) is 1. The fourth-order valence-electron chi connectivity index (χ4n) is 3.47. The van der Waals surface area contributed by atoms with E-state index in [1.807, 2.05) is 32.9 Å². The van der Waals surface area contributed by atoms with Gasteiger partial charge in [0.1, 0.15) is 11.8 Å². The number of ether oxygens (including phenoxy) is 1. The zero-order valence-electron chi connectivity index (χ0n) is 17.9. The first-order valence-corrected chi connectivity index (χ1v) is 11.4. The number of nitrogens with one attached hydrogen (secondary N) is 1. The number of carbonyl (C=O) groups excluding carboxylic acids is 1. The highest BCUT2D eigenvalue weighted by molar-refractivity contribution is 7.92. The van der Waals surface area contributed by atoms with Crippen LogP contribution >= 0.6 is 0 Å². The van der Waals surface area contributed by atoms with Crippen molar-refractivity contribution in [1.29, 1.82) is 0 Å². The van der Waals surface area contributed by atoms with Crippen LogP contribution in [-0.2, 0) is 14.8 Å². The SMILES string of the molecule is CC[C@@H](NC(=O)[C@@H](C)N(c1cccc(OC)c1)S(C)(=O)=O)c1ccc(C)cc1C. The second kappa shape index (κ2) is 9.31. The lowest BCUT2D eigenvalue weighted by Gasteiger charge is -2.30. The number of amides is 1. The molecule has 0 aromatic heterocycles. The lowest BCUT2D eigenvalue weighted by molar-refractivity contribution is -0.122. The Morgan fingerprint density at radius 2 is 1.86 bits per heavy atom. The first-order chi connectivity index (χ1) is 13.6. The summed E-state index contributed by atoms with van der Waals surface area (Å²) in [6.07, 6.45) is 1.79. The first-order valence-electron chi connectivity index (χ1n) is 9.59. The summed E-state index contributed by atoms with van der Waals surface area (Å²) in [6.45, 7) is 7.62. The van der Waals surface area contributed by atoms with Crippen LogP contribution in [-0.4, -0.2) is 33.7 Å². The molecule has 0 saturated carbocycles. The van der Waals surface area contributed by atoms with Crippen molar-refractivity contribution in [2.24, 2.45) is 0 Å². The Bertz CT molecular complexity index is 973. The highest BCUT2D eigenvalue weighted by Gasteiger charge is 2.30. The molecule has 1 N–H and O–H groups in total. The second-order valence-corrected chi connectivity index (χ2v) is 9.13. The third kappa shape index (κ3) is 5.50. The Morgan fingerprint density at radius 3 is 2.41 bits per heavy atom. The van der Waals surface area contributed by atoms with Crippen molar-refractivity contribution < 1.29 is 17.9 Å². The molecule has 0 aliphatic rings. The van der Waals surface area contributed by atoms with E-state index >= 15 is 0 Å². The normalized spacial score (nSPS) is 13.4. The minimum Gasteiger partial charge on any atom is -0.497 e. The van der Waals surface area contributed by atoms with E-state index < -0.39 is 16.1 Å². The maximum absolute atomic E-state index is 13.0. The molecule has 2 atom stereocenters. The molecule has 158 valence electrons. The topological polar surface area (TPSA) is 75.7 Å². The molecule has 2 rings (SSSR count). The maximum Gasteiger partial charge on any atom is 0.244 e. The van der Waals surface area contributed by atoms with E-state index in [1.165, 1.54) is 7.11 Å². The van der Waals surface area contributed by atoms with Crippen LogP contribution in [0.4, 0.5) is 5.69 Å². The van der Waals surface area contributed by atoms with E-state index in [9.17, 15) is 13.2 Å². The van der Waals surface area contributed by atoms with Crippen LogP contribution in [0.25, 0.3) is 0 Å². The van der Waals surface area contributed by atoms with Gasteiger partial charge in [0.05, 0.1) is 25.1 Å². The van der Waals surface area contributed by atoms with Crippen LogP contribution in [0.3, 0.4) is 0 Å². The van der Waals surface area contributed by atoms with Gasteiger partial charge in [0.2, 0.25) is 15.9 Å². The highest BCUT2D eigenvalue weighted by Crippen LogP contribution is 2.26. The summed E-state index contributed by atoms with van der Waals surface area (Å²) in [5.74, 6) is 0.163. The zero-order chi connectivity index (χ0) is 21.8. The molecule has 1 amide bonds. The molecule has 29 heavy (non-hydrogen) atoms. The zero-order valence-corrected chi connectivity index (χ0v) is 18.7. The van der Waals surface area contributed by atoms with Crippen molar-refractivity contribution in [2.75, 3.05) is 17.7 Å². The summed E-state index contributed by atoms with van der Waals surface area (Å²) in [5.41, 5.74) is 3.67. The lowest BCUT2D eigenvalue weighted by Crippen LogP contribution is -2.48. The van der Waals surface area contributed by atoms with Gasteiger partial charge in [0, 0.05) is 6.07 Å². The summed E-state index contributed by atoms with van der Waals surface area (Å²) in [6, 6.07) is 11.7. The van der Waals surface area contributed by atoms with Gasteiger partial charge in [-0.3, -0.25) is 9.10 Å². The molecule has 2 aromatic carbocycles. The molecule has 6 nitrogen and oxygen atoms in total. The number of benzene rings is 2. The summed E-state index contributed by atoms with van der Waals surface area (Å²) in [7, 11) is -2.18. The molecule has 0 heterocycles. The number of aryl methyl sites for hydroxylation is 2. The van der Waals surface area contributed by atoms with Gasteiger partial charge in [-0.05, 0) is 50.5 Å². The molecule has 2 aromatic rings. The molecule has 7 heteroatoms. The van der Waals surface area contributed by atoms with E-state index in [-0.39, 0.29) is 11.9 Å². The lowest BCUT2D eigenvalue weighted by atomic mass is 9.97. The monoisotopic (exact) mass is 418 g/mol. The molecular weight excluding hydrogens is 388 g/mol. The number of sulfonamides is 1. The van der Waals surface area contributed by atoms with Crippen molar-refractivity contribution in [3.05, 3.63) is 59.2 Å². The van der Waals surface area contributed by atoms with Gasteiger partial charge >= 0.3 is 0 Å². The Labute approximate surface area is 173 Å². The molecule has 0 fully saturated rings. The van der Waals surface area contributed by atoms with Crippen LogP contribution in [0, 0.1) is 13.8 Å². The summed E-state index contributed by atoms with van der Waals surface area (Å²) in [4.78, 5) is 13.0. The molecule has 0 spiro atoms. The van der Waals surface area contributed by atoms with Crippen LogP contribution in [0.5, 0.6) is 5.75 Å². The van der Waals surface area contributed by atoms with E-state index in [1.54, 1.807) is 31.2 Å². The Hall–Kier alpha value is -2.54. The van der Waals surface area contributed by atoms with Gasteiger partial charge in [-0.25, -0.2) is 8.42 Å². The predicted molar refractivity (Wildman–Crippen MR) is 117 cm³/mol. The highest BCUT2D eigenvalue weighted by atomic mass is 32.2. The third-order valence-electron chi connectivity index (χ3n) is 4.92. The van der Waals surface area contributed by atoms with Gasteiger partial charge < -0.3 is 10.1 Å². The maximum atomic E-state index is 13.0. The number of anilines is 1. The van der Waals surface area contributed by atoms with Crippen LogP contribution in [0.1, 0.15) is 43.0 Å². The first kappa shape index (κ1) is 22.7. The number of rotatable bonds is 8. The predicted octanol–water partition coefficient (Wildman–Crippen LogP) is 3.73. The molecule has 0 unspecified atom stereocenters. The average molecular weight is 419 g/mol. The standard InChI is InChI=1S/C22H30N2O4S/c1-7-21(20-12-11-15(2)13-16(20)3)23-22(25)17(4)24(29(6,26)27)18-9-8-10-19(14-18)28-5/h8-14,17,21H,7H2,1-6H3,(H,23,25)/t17-,21-/m1/s1. The van der Waals surface area contributed by atoms with Crippen LogP contribution in [0.15, 0.2) is 42.5 Å². The average Bonchev–Trinajstić information content (AvgIpc) is 2.65. The molecule has 0 aliphatic heterocycles. The van der Waals surface area contributed by atoms with Crippen LogP contribution < -0.4 is 14.4 Å². The van der Waals surface area contributed by atoms with E-state index in [2.05, 4.69) is 11.4 Å². The van der Waals surface area contributed by atoms with E-state index in [0.29, 0.717) is 17.9 Å². The quantitative estimate of drug-likeness (QED) is 0.709. The van der Waals surface area contributed by atoms with Gasteiger partial charge in [0.15, 0.2) is 0 Å². The summed E-state index contributed by atoms with van der Waals surface area (Å²) in [5, 5.41) is 3.02. The van der Waals surface area contributed by atoms with Crippen molar-refractivity contribution in [3.8, 4) is 5.75 Å². The number of methoxy groups -OCH3 is 1. The molecule has 0 saturated heterocycles. The van der Waals surface area contributed by atoms with Crippen molar-refractivity contribution >= 4 is 21.6 Å². The molecule has 0 aliphatic carbocycles. The van der Waals surface area contributed by atoms with Gasteiger partial charge in [-0.2, -0.15) is 0 Å². The summed E-state index contributed by atoms with van der Waals surface area (Å²) >= 11 is 0. The summed E-state index contributed by atoms with van der Waals surface area (Å²) < 4.78 is 31.3. The minimum absolute atomic E-state index is 0.197. The molecular formula is C22H30N2O4S. The minimum atomic E-state index is -3.69. The van der Waals surface area contributed by atoms with Crippen molar-refractivity contribution in [1.82, 2.24) is 5.32 Å². The van der Waals surface area contributed by atoms with Crippen molar-refractivity contribution in [2.45, 2.75) is 46.2 Å². The van der Waals surface area contributed by atoms with Gasteiger partial charge in [-0.15, -0.1) is 0 Å². The fraction of sp³-hybridized carbons (Fsp3) is 0.409. The Morgan fingerprint density at radius 1 is 1.17 bits per heavy atom. The largest absolute Gasteiger partial charge is 0.497 e. The number of nitrogens with zero attached hydrogens (tertiary/aromatic N) is 1. The third-order valence-corrected chi connectivity index (χ3v) is 6.16. The van der Waals surface area contributed by atoms with Gasteiger partial charge in [0.25, 0.3) is 0 Å². The number of carbonyl (C=O) groups is 1. The second-order valence-electron chi connectivity index (χ2n) is 7.27. The van der Waals surface area contributed by atoms with Gasteiger partial charge in [-0.1, -0.05) is 36.8 Å². The van der Waals surface area contributed by atoms with Crippen LogP contribution in [0.2, 0.25) is 0 Å². The molecule has 0 radical (unpaired) electrons. The number of hydrogen-bond acceptors (Lipinski definition) is 4. The Balaban J connectivity index is 2.32. The molecule has 0 bridgehead atoms. The fourth-order valence-corrected chi connectivity index (χ4v) is 4.63. The van der Waals surface area contributed by atoms with E-state index in [4.69, 9.17) is 4.74 Å².